The molecule has 0 aliphatic carbocycles. The fraction of sp³-hybridized carbons (Fsp3) is 0.389. The molecule has 1 aromatic heterocycles. The summed E-state index contributed by atoms with van der Waals surface area (Å²) < 4.78 is 18.8. The molecule has 1 heterocycles. The van der Waals surface area contributed by atoms with Gasteiger partial charge in [-0.2, -0.15) is 0 Å². The van der Waals surface area contributed by atoms with Gasteiger partial charge in [0.2, 0.25) is 11.8 Å². The SMILES string of the molecule is CC(C)C(=O)Nc1nc(CC(=O)N(C)CCOc2ccccc2F)cs1. The predicted molar refractivity (Wildman–Crippen MR) is 98.8 cm³/mol. The highest BCUT2D eigenvalue weighted by Crippen LogP contribution is 2.17. The Hall–Kier alpha value is -2.48. The number of likely N-dealkylation sites (N-methyl/N-ethyl adjacent to an activating group) is 1. The van der Waals surface area contributed by atoms with E-state index in [0.29, 0.717) is 17.4 Å². The summed E-state index contributed by atoms with van der Waals surface area (Å²) in [5.74, 6) is -0.642. The number of nitrogens with one attached hydrogen (secondary N) is 1. The molecule has 26 heavy (non-hydrogen) atoms. The van der Waals surface area contributed by atoms with Crippen molar-refractivity contribution in [1.82, 2.24) is 9.88 Å². The largest absolute Gasteiger partial charge is 0.489 e. The average molecular weight is 379 g/mol. The van der Waals surface area contributed by atoms with Crippen molar-refractivity contribution in [3.63, 3.8) is 0 Å². The predicted octanol–water partition coefficient (Wildman–Crippen LogP) is 2.96. The number of nitrogens with zero attached hydrogens (tertiary/aromatic N) is 2. The summed E-state index contributed by atoms with van der Waals surface area (Å²) in [6.07, 6.45) is 0.129. The molecule has 0 saturated heterocycles. The number of carbonyl (C=O) groups excluding carboxylic acids is 2. The van der Waals surface area contributed by atoms with Gasteiger partial charge in [0.15, 0.2) is 16.7 Å². The Morgan fingerprint density at radius 2 is 2.08 bits per heavy atom. The van der Waals surface area contributed by atoms with Crippen LogP contribution in [0.1, 0.15) is 19.5 Å². The number of rotatable bonds is 8. The lowest BCUT2D eigenvalue weighted by atomic mass is 10.2. The quantitative estimate of drug-likeness (QED) is 0.765. The summed E-state index contributed by atoms with van der Waals surface area (Å²) in [7, 11) is 1.65. The van der Waals surface area contributed by atoms with Crippen LogP contribution in [0.3, 0.4) is 0 Å². The third kappa shape index (κ3) is 5.80. The number of benzene rings is 1. The molecule has 140 valence electrons. The topological polar surface area (TPSA) is 71.5 Å². The van der Waals surface area contributed by atoms with Gasteiger partial charge in [-0.1, -0.05) is 26.0 Å². The normalized spacial score (nSPS) is 10.7. The number of hydrogen-bond donors (Lipinski definition) is 1. The van der Waals surface area contributed by atoms with Crippen molar-refractivity contribution < 1.29 is 18.7 Å². The van der Waals surface area contributed by atoms with E-state index in [9.17, 15) is 14.0 Å². The van der Waals surface area contributed by atoms with Crippen LogP contribution >= 0.6 is 11.3 Å². The molecule has 0 saturated carbocycles. The van der Waals surface area contributed by atoms with E-state index in [1.807, 2.05) is 0 Å². The molecule has 6 nitrogen and oxygen atoms in total. The van der Waals surface area contributed by atoms with Crippen LogP contribution in [0.2, 0.25) is 0 Å². The van der Waals surface area contributed by atoms with Crippen LogP contribution in [0.15, 0.2) is 29.6 Å². The molecule has 0 aliphatic heterocycles. The fourth-order valence-corrected chi connectivity index (χ4v) is 2.68. The number of anilines is 1. The highest BCUT2D eigenvalue weighted by molar-refractivity contribution is 7.13. The van der Waals surface area contributed by atoms with Crippen LogP contribution in [0.25, 0.3) is 0 Å². The van der Waals surface area contributed by atoms with Crippen LogP contribution < -0.4 is 10.1 Å². The van der Waals surface area contributed by atoms with E-state index in [4.69, 9.17) is 4.74 Å². The minimum absolute atomic E-state index is 0.111. The number of ether oxygens (including phenoxy) is 1. The Morgan fingerprint density at radius 3 is 2.77 bits per heavy atom. The average Bonchev–Trinajstić information content (AvgIpc) is 3.03. The van der Waals surface area contributed by atoms with E-state index in [1.165, 1.54) is 22.3 Å². The van der Waals surface area contributed by atoms with Gasteiger partial charge in [0.05, 0.1) is 18.7 Å². The molecule has 0 fully saturated rings. The molecule has 8 heteroatoms. The summed E-state index contributed by atoms with van der Waals surface area (Å²) in [6.45, 7) is 4.11. The van der Waals surface area contributed by atoms with E-state index in [0.717, 1.165) is 0 Å². The summed E-state index contributed by atoms with van der Waals surface area (Å²) in [4.78, 5) is 29.6. The van der Waals surface area contributed by atoms with E-state index in [2.05, 4.69) is 10.3 Å². The number of aromatic nitrogens is 1. The van der Waals surface area contributed by atoms with Crippen molar-refractivity contribution in [1.29, 1.82) is 0 Å². The molecule has 0 radical (unpaired) electrons. The second-order valence-electron chi connectivity index (χ2n) is 6.06. The molecular formula is C18H22FN3O3S. The third-order valence-corrected chi connectivity index (χ3v) is 4.39. The summed E-state index contributed by atoms with van der Waals surface area (Å²) in [5, 5.41) is 4.94. The zero-order valence-electron chi connectivity index (χ0n) is 15.0. The first kappa shape index (κ1) is 19.8. The number of para-hydroxylation sites is 1. The summed E-state index contributed by atoms with van der Waals surface area (Å²) in [5.41, 5.74) is 0.598. The number of hydrogen-bond acceptors (Lipinski definition) is 5. The van der Waals surface area contributed by atoms with Crippen LogP contribution in [-0.4, -0.2) is 41.9 Å². The number of amides is 2. The second-order valence-corrected chi connectivity index (χ2v) is 6.92. The van der Waals surface area contributed by atoms with Crippen molar-refractivity contribution in [3.8, 4) is 5.75 Å². The maximum Gasteiger partial charge on any atom is 0.228 e. The molecule has 2 aromatic rings. The highest BCUT2D eigenvalue weighted by Gasteiger charge is 2.14. The van der Waals surface area contributed by atoms with E-state index < -0.39 is 5.82 Å². The Labute approximate surface area is 156 Å². The van der Waals surface area contributed by atoms with E-state index >= 15 is 0 Å². The maximum absolute atomic E-state index is 13.5. The molecule has 0 unspecified atom stereocenters. The third-order valence-electron chi connectivity index (χ3n) is 3.59. The van der Waals surface area contributed by atoms with Crippen LogP contribution in [-0.2, 0) is 16.0 Å². The van der Waals surface area contributed by atoms with Gasteiger partial charge in [0.25, 0.3) is 0 Å². The standard InChI is InChI=1S/C18H22FN3O3S/c1-12(2)17(24)21-18-20-13(11-26-18)10-16(23)22(3)8-9-25-15-7-5-4-6-14(15)19/h4-7,11-12H,8-10H2,1-3H3,(H,20,21,24). The van der Waals surface area contributed by atoms with Crippen molar-refractivity contribution in [3.05, 3.63) is 41.2 Å². The number of halogens is 1. The first-order valence-corrected chi connectivity index (χ1v) is 9.11. The van der Waals surface area contributed by atoms with E-state index in [-0.39, 0.29) is 36.5 Å². The van der Waals surface area contributed by atoms with Crippen molar-refractivity contribution in [2.45, 2.75) is 20.3 Å². The fourth-order valence-electron chi connectivity index (χ4n) is 1.96. The summed E-state index contributed by atoms with van der Waals surface area (Å²) in [6, 6.07) is 6.14. The van der Waals surface area contributed by atoms with Gasteiger partial charge in [-0.25, -0.2) is 9.37 Å². The minimum atomic E-state index is -0.431. The molecule has 0 bridgehead atoms. The lowest BCUT2D eigenvalue weighted by Crippen LogP contribution is -2.32. The maximum atomic E-state index is 13.5. The zero-order chi connectivity index (χ0) is 19.1. The summed E-state index contributed by atoms with van der Waals surface area (Å²) >= 11 is 1.29. The molecule has 1 N–H and O–H groups in total. The first-order chi connectivity index (χ1) is 12.4. The lowest BCUT2D eigenvalue weighted by molar-refractivity contribution is -0.129. The molecule has 0 atom stereocenters. The van der Waals surface area contributed by atoms with Crippen LogP contribution in [0.4, 0.5) is 9.52 Å². The van der Waals surface area contributed by atoms with Gasteiger partial charge in [-0.05, 0) is 12.1 Å². The van der Waals surface area contributed by atoms with Gasteiger partial charge in [-0.15, -0.1) is 11.3 Å². The van der Waals surface area contributed by atoms with Gasteiger partial charge >= 0.3 is 0 Å². The molecule has 2 amide bonds. The Bertz CT molecular complexity index is 764. The number of carbonyl (C=O) groups is 2. The van der Waals surface area contributed by atoms with Crippen LogP contribution in [0.5, 0.6) is 5.75 Å². The molecule has 1 aromatic carbocycles. The smallest absolute Gasteiger partial charge is 0.228 e. The molecule has 0 spiro atoms. The Kier molecular flexibility index (Phi) is 7.08. The monoisotopic (exact) mass is 379 g/mol. The lowest BCUT2D eigenvalue weighted by Gasteiger charge is -2.17. The van der Waals surface area contributed by atoms with Crippen LogP contribution in [0, 0.1) is 11.7 Å². The van der Waals surface area contributed by atoms with Crippen molar-refractivity contribution in [2.24, 2.45) is 5.92 Å². The zero-order valence-corrected chi connectivity index (χ0v) is 15.8. The van der Waals surface area contributed by atoms with Gasteiger partial charge in [0.1, 0.15) is 6.61 Å². The van der Waals surface area contributed by atoms with Gasteiger partial charge in [0, 0.05) is 18.3 Å². The van der Waals surface area contributed by atoms with Gasteiger partial charge < -0.3 is 15.0 Å². The van der Waals surface area contributed by atoms with Crippen molar-refractivity contribution >= 4 is 28.3 Å². The highest BCUT2D eigenvalue weighted by atomic mass is 32.1. The second kappa shape index (κ2) is 9.28. The van der Waals surface area contributed by atoms with Crippen molar-refractivity contribution in [2.75, 3.05) is 25.5 Å². The van der Waals surface area contributed by atoms with Gasteiger partial charge in [-0.3, -0.25) is 9.59 Å². The molecule has 0 aliphatic rings. The number of thiazole rings is 1. The van der Waals surface area contributed by atoms with E-state index in [1.54, 1.807) is 44.5 Å². The Morgan fingerprint density at radius 1 is 1.35 bits per heavy atom. The minimum Gasteiger partial charge on any atom is -0.489 e. The molecule has 2 rings (SSSR count). The first-order valence-electron chi connectivity index (χ1n) is 8.23. The Balaban J connectivity index is 1.79. The molecular weight excluding hydrogens is 357 g/mol.